The lowest BCUT2D eigenvalue weighted by atomic mass is 9.83. The van der Waals surface area contributed by atoms with Gasteiger partial charge in [-0.3, -0.25) is 4.79 Å². The fraction of sp³-hybridized carbons (Fsp3) is 0.973. The van der Waals surface area contributed by atoms with Crippen molar-refractivity contribution in [2.75, 3.05) is 11.5 Å². The summed E-state index contributed by atoms with van der Waals surface area (Å²) >= 11 is -2.52. The van der Waals surface area contributed by atoms with Crippen molar-refractivity contribution in [3.63, 3.8) is 0 Å². The first-order chi connectivity index (χ1) is 41.8. The lowest BCUT2D eigenvalue weighted by Gasteiger charge is -2.46. The normalized spacial score (nSPS) is 17.0. The van der Waals surface area contributed by atoms with Crippen LogP contribution in [0.25, 0.3) is 0 Å². The zero-order valence-electron chi connectivity index (χ0n) is 43.8. The summed E-state index contributed by atoms with van der Waals surface area (Å²) < 4.78 is 802. The van der Waals surface area contributed by atoms with Gasteiger partial charge in [0.1, 0.15) is 0 Å². The molecule has 0 aliphatic heterocycles. The highest BCUT2D eigenvalue weighted by atomic mass is 32.2. The standard InChI is InChI=1S/C37H16F58O2S2/c1-9(3-2-8(96)97,98-6-4-10(38,39)12(42,43)14(46,47)16(50,51)18(54,55)20(58,59)22(62,63)24(66,67)26(70,71)28(74,75)30(78,79)32(82,83)34(86,87)36(90,91)92)99-7-5-11(40,41)13(44,45)15(48,49)17(52,53)19(56,57)21(60,61)23(64,65)25(68,69)27(72,73)29(76,77)31(80,81)33(84,85)35(88,89)37(93,94)95/h2-7H2,1H3,(H,96,97). The van der Waals surface area contributed by atoms with E-state index in [0.717, 1.165) is 0 Å². The predicted octanol–water partition coefficient (Wildman–Crippen LogP) is 21.5. The van der Waals surface area contributed by atoms with Crippen LogP contribution >= 0.6 is 23.5 Å². The second-order valence-corrected chi connectivity index (χ2v) is 22.9. The topological polar surface area (TPSA) is 37.3 Å². The highest BCUT2D eigenvalue weighted by Crippen LogP contribution is 2.72. The molecular formula is C37H16F58O2S2. The molecule has 0 heterocycles. The molecule has 0 radical (unpaired) electrons. The van der Waals surface area contributed by atoms with Crippen LogP contribution in [0.5, 0.6) is 0 Å². The van der Waals surface area contributed by atoms with E-state index in [0.29, 0.717) is 0 Å². The summed E-state index contributed by atoms with van der Waals surface area (Å²) in [6.07, 6.45) is -28.7. The third kappa shape index (κ3) is 12.6. The summed E-state index contributed by atoms with van der Waals surface area (Å²) in [6.45, 7) is -0.172. The Morgan fingerprint density at radius 1 is 0.212 bits per heavy atom. The van der Waals surface area contributed by atoms with E-state index in [9.17, 15) is 259 Å². The smallest absolute Gasteiger partial charge is 0.460 e. The highest BCUT2D eigenvalue weighted by Gasteiger charge is 3.03. The first-order valence-electron chi connectivity index (χ1n) is 22.3. The van der Waals surface area contributed by atoms with Gasteiger partial charge in [-0.2, -0.15) is 255 Å². The van der Waals surface area contributed by atoms with E-state index in [4.69, 9.17) is 5.11 Å². The molecule has 0 aliphatic rings. The van der Waals surface area contributed by atoms with E-state index < -0.39 is 237 Å². The van der Waals surface area contributed by atoms with Gasteiger partial charge in [0.05, 0.1) is 4.08 Å². The number of carboxylic acid groups (broad SMARTS) is 1. The molecule has 0 saturated heterocycles. The third-order valence-electron chi connectivity index (χ3n) is 12.7. The van der Waals surface area contributed by atoms with Crippen LogP contribution in [0.3, 0.4) is 0 Å². The van der Waals surface area contributed by atoms with Crippen molar-refractivity contribution in [2.45, 2.75) is 203 Å². The van der Waals surface area contributed by atoms with Crippen LogP contribution < -0.4 is 0 Å². The zero-order chi connectivity index (χ0) is 81.7. The number of alkyl halides is 58. The summed E-state index contributed by atoms with van der Waals surface area (Å²) in [5.41, 5.74) is 0. The van der Waals surface area contributed by atoms with Gasteiger partial charge in [0, 0.05) is 30.8 Å². The number of carbonyl (C=O) groups is 1. The van der Waals surface area contributed by atoms with Gasteiger partial charge < -0.3 is 5.11 Å². The molecule has 0 rings (SSSR count). The predicted molar refractivity (Wildman–Crippen MR) is 200 cm³/mol. The van der Waals surface area contributed by atoms with Gasteiger partial charge in [0.25, 0.3) is 0 Å². The van der Waals surface area contributed by atoms with Crippen molar-refractivity contribution in [3.8, 4) is 0 Å². The molecule has 0 aromatic heterocycles. The SMILES string of the molecule is CC(CCC(=O)O)(SCCC(F)(F)C(F)(F)C(F)(F)C(F)(F)C(F)(F)C(F)(F)C(F)(F)C(F)(F)C(F)(F)C(F)(F)C(F)(F)C(F)(F)C(F)(F)C(F)(F)F)SCCC(F)(F)C(F)(F)C(F)(F)C(F)(F)C(F)(F)C(F)(F)C(F)(F)C(F)(F)C(F)(F)C(F)(F)C(F)(F)C(F)(F)C(F)(F)C(F)(F)F. The Kier molecular flexibility index (Phi) is 23.9. The van der Waals surface area contributed by atoms with Crippen LogP contribution in [0.4, 0.5) is 255 Å². The van der Waals surface area contributed by atoms with Crippen LogP contribution in [-0.4, -0.2) is 193 Å². The monoisotopic (exact) mass is 1660 g/mol. The van der Waals surface area contributed by atoms with Crippen molar-refractivity contribution in [1.82, 2.24) is 0 Å². The molecule has 62 heteroatoms. The van der Waals surface area contributed by atoms with Gasteiger partial charge in [-0.15, -0.1) is 23.5 Å². The third-order valence-corrected chi connectivity index (χ3v) is 15.9. The fourth-order valence-electron chi connectivity index (χ4n) is 6.38. The molecule has 0 atom stereocenters. The minimum atomic E-state index is -10.4. The largest absolute Gasteiger partial charge is 0.481 e. The molecule has 99 heavy (non-hydrogen) atoms. The molecule has 0 aromatic rings. The molecule has 0 unspecified atom stereocenters. The number of rotatable bonds is 35. The second-order valence-electron chi connectivity index (χ2n) is 19.4. The minimum absolute atomic E-state index is 0.172. The molecule has 2 nitrogen and oxygen atoms in total. The van der Waals surface area contributed by atoms with E-state index in [1.54, 1.807) is 0 Å². The number of thioether (sulfide) groups is 2. The van der Waals surface area contributed by atoms with Gasteiger partial charge in [0.2, 0.25) is 0 Å². The Balaban J connectivity index is 7.49. The molecule has 0 fully saturated rings. The Hall–Kier alpha value is -3.89. The number of carboxylic acids is 1. The van der Waals surface area contributed by atoms with Crippen molar-refractivity contribution >= 4 is 29.5 Å². The van der Waals surface area contributed by atoms with Gasteiger partial charge >= 0.3 is 172 Å². The lowest BCUT2D eigenvalue weighted by molar-refractivity contribution is -0.487. The van der Waals surface area contributed by atoms with Crippen LogP contribution in [-0.2, 0) is 4.79 Å². The minimum Gasteiger partial charge on any atom is -0.481 e. The highest BCUT2D eigenvalue weighted by molar-refractivity contribution is 8.18. The van der Waals surface area contributed by atoms with Crippen LogP contribution in [0.15, 0.2) is 0 Å². The van der Waals surface area contributed by atoms with E-state index in [-0.39, 0.29) is 6.92 Å². The summed E-state index contributed by atoms with van der Waals surface area (Å²) in [5, 5.41) is 8.80. The lowest BCUT2D eigenvalue weighted by Crippen LogP contribution is -2.79. The number of aliphatic carboxylic acids is 1. The molecule has 0 aromatic carbocycles. The van der Waals surface area contributed by atoms with Gasteiger partial charge in [-0.05, 0) is 13.3 Å². The molecule has 594 valence electrons. The molecule has 1 N–H and O–H groups in total. The van der Waals surface area contributed by atoms with Gasteiger partial charge in [-0.1, -0.05) is 0 Å². The molecule has 0 aliphatic carbocycles. The Morgan fingerprint density at radius 2 is 0.333 bits per heavy atom. The van der Waals surface area contributed by atoms with E-state index in [1.165, 1.54) is 0 Å². The first kappa shape index (κ1) is 95.1. The Labute approximate surface area is 509 Å². The fourth-order valence-corrected chi connectivity index (χ4v) is 9.29. The van der Waals surface area contributed by atoms with Crippen molar-refractivity contribution in [2.24, 2.45) is 0 Å². The van der Waals surface area contributed by atoms with E-state index in [1.807, 2.05) is 0 Å². The number of halogens is 58. The summed E-state index contributed by atoms with van der Waals surface area (Å²) in [4.78, 5) is 11.0. The van der Waals surface area contributed by atoms with E-state index in [2.05, 4.69) is 0 Å². The van der Waals surface area contributed by atoms with Crippen molar-refractivity contribution in [1.29, 1.82) is 0 Å². The van der Waals surface area contributed by atoms with Gasteiger partial charge in [-0.25, -0.2) is 0 Å². The molecule has 0 bridgehead atoms. The Morgan fingerprint density at radius 3 is 0.455 bits per heavy atom. The summed E-state index contributed by atoms with van der Waals surface area (Å²) in [7, 11) is 0. The average Bonchev–Trinajstić information content (AvgIpc) is 0.686. The Bertz CT molecular complexity index is 2660. The van der Waals surface area contributed by atoms with Crippen LogP contribution in [0.2, 0.25) is 0 Å². The first-order valence-corrected chi connectivity index (χ1v) is 24.3. The quantitative estimate of drug-likeness (QED) is 0.0507. The molecular weight excluding hydrogens is 1640 g/mol. The zero-order valence-corrected chi connectivity index (χ0v) is 45.5. The van der Waals surface area contributed by atoms with Crippen LogP contribution in [0, 0.1) is 0 Å². The van der Waals surface area contributed by atoms with Crippen LogP contribution in [0.1, 0.15) is 32.6 Å². The molecule has 0 spiro atoms. The molecule has 0 saturated carbocycles. The summed E-state index contributed by atoms with van der Waals surface area (Å²) in [5.74, 6) is -261. The van der Waals surface area contributed by atoms with E-state index >= 15 is 0 Å². The maximum Gasteiger partial charge on any atom is 0.460 e. The summed E-state index contributed by atoms with van der Waals surface area (Å²) in [6, 6.07) is 0. The van der Waals surface area contributed by atoms with Crippen molar-refractivity contribution in [3.05, 3.63) is 0 Å². The average molecular weight is 1660 g/mol. The maximum atomic E-state index is 14.7. The molecule has 0 amide bonds. The number of hydrogen-bond donors (Lipinski definition) is 1. The second kappa shape index (κ2) is 24.9. The van der Waals surface area contributed by atoms with Crippen molar-refractivity contribution < 1.29 is 265 Å². The van der Waals surface area contributed by atoms with Gasteiger partial charge in [0.15, 0.2) is 0 Å². The maximum absolute atomic E-state index is 14.7. The number of hydrogen-bond acceptors (Lipinski definition) is 3.